The predicted molar refractivity (Wildman–Crippen MR) is 112 cm³/mol. The Morgan fingerprint density at radius 2 is 1.15 bits per heavy atom. The molecule has 0 aromatic heterocycles. The zero-order valence-corrected chi connectivity index (χ0v) is 18.6. The molecule has 0 unspecified atom stereocenters. The first kappa shape index (κ1) is 25.7. The quantitative estimate of drug-likeness (QED) is 0.322. The van der Waals surface area contributed by atoms with Gasteiger partial charge in [0.1, 0.15) is 40.7 Å². The highest BCUT2D eigenvalue weighted by Crippen LogP contribution is 2.27. The molecule has 0 aliphatic rings. The summed E-state index contributed by atoms with van der Waals surface area (Å²) in [5.74, 6) is -0.481. The Kier molecular flexibility index (Phi) is 10.2. The van der Waals surface area contributed by atoms with Crippen LogP contribution in [0.1, 0.15) is 20.7 Å². The van der Waals surface area contributed by atoms with Crippen LogP contribution in [0.25, 0.3) is 0 Å². The molecule has 178 valence electrons. The van der Waals surface area contributed by atoms with Crippen LogP contribution in [-0.4, -0.2) is 53.6 Å². The van der Waals surface area contributed by atoms with Gasteiger partial charge in [-0.3, -0.25) is 9.78 Å². The third-order valence-electron chi connectivity index (χ3n) is 4.04. The van der Waals surface area contributed by atoms with E-state index in [1.165, 1.54) is 64.8 Å². The zero-order chi connectivity index (χ0) is 24.2. The molecule has 11 nitrogen and oxygen atoms in total. The van der Waals surface area contributed by atoms with Crippen LogP contribution in [0.3, 0.4) is 0 Å². The summed E-state index contributed by atoms with van der Waals surface area (Å²) in [6.45, 7) is 3.20. The first-order valence-corrected chi connectivity index (χ1v) is 9.41. The number of hydrogen-bond donors (Lipinski definition) is 0. The molecule has 0 aliphatic heterocycles. The lowest BCUT2D eigenvalue weighted by Gasteiger charge is -2.15. The summed E-state index contributed by atoms with van der Waals surface area (Å²) >= 11 is 0. The summed E-state index contributed by atoms with van der Waals surface area (Å²) in [5, 5.41) is 0. The molecule has 2 aromatic carbocycles. The summed E-state index contributed by atoms with van der Waals surface area (Å²) < 4.78 is 25.5. The van der Waals surface area contributed by atoms with Crippen LogP contribution < -0.4 is 18.9 Å². The van der Waals surface area contributed by atoms with Crippen LogP contribution >= 0.6 is 0 Å². The Balaban J connectivity index is 2.02. The average molecular weight is 464 g/mol. The molecule has 0 saturated carbocycles. The van der Waals surface area contributed by atoms with Gasteiger partial charge in [0.25, 0.3) is 0 Å². The van der Waals surface area contributed by atoms with Gasteiger partial charge >= 0.3 is 18.2 Å². The third kappa shape index (κ3) is 7.24. The molecule has 0 N–H and O–H groups in total. The molecule has 0 fully saturated rings. The van der Waals surface area contributed by atoms with Gasteiger partial charge in [0.15, 0.2) is 0 Å². The summed E-state index contributed by atoms with van der Waals surface area (Å²) in [6, 6.07) is 8.91. The summed E-state index contributed by atoms with van der Waals surface area (Å²) in [4.78, 5) is 44.0. The maximum Gasteiger partial charge on any atom is 0.376 e. The Morgan fingerprint density at radius 1 is 0.697 bits per heavy atom. The minimum atomic E-state index is -0.909. The first-order valence-electron chi connectivity index (χ1n) is 9.41. The summed E-state index contributed by atoms with van der Waals surface area (Å²) in [6.07, 6.45) is -0.472. The van der Waals surface area contributed by atoms with Crippen molar-refractivity contribution in [1.29, 1.82) is 0 Å². The van der Waals surface area contributed by atoms with E-state index in [9.17, 15) is 9.59 Å². The molecule has 0 atom stereocenters. The molecule has 2 rings (SSSR count). The van der Waals surface area contributed by atoms with Crippen LogP contribution in [0.4, 0.5) is 0 Å². The van der Waals surface area contributed by atoms with E-state index in [0.29, 0.717) is 11.5 Å². The van der Waals surface area contributed by atoms with Crippen LogP contribution in [0, 0.1) is 13.2 Å². The van der Waals surface area contributed by atoms with Gasteiger partial charge < -0.3 is 23.7 Å². The second kappa shape index (κ2) is 13.1. The molecule has 0 aliphatic carbocycles. The van der Waals surface area contributed by atoms with Gasteiger partial charge in [-0.25, -0.2) is 9.59 Å². The lowest BCUT2D eigenvalue weighted by molar-refractivity contribution is -0.368. The molecule has 0 bridgehead atoms. The van der Waals surface area contributed by atoms with Crippen LogP contribution in [-0.2, 0) is 24.3 Å². The fourth-order valence-corrected chi connectivity index (χ4v) is 2.41. The highest BCUT2D eigenvalue weighted by molar-refractivity contribution is 5.93. The normalized spacial score (nSPS) is 10.5. The van der Waals surface area contributed by atoms with Gasteiger partial charge in [0.2, 0.25) is 0 Å². The Bertz CT molecular complexity index is 857. The Morgan fingerprint density at radius 3 is 1.52 bits per heavy atom. The molecular formula is C22H24O11. The van der Waals surface area contributed by atoms with E-state index in [-0.39, 0.29) is 35.8 Å². The van der Waals surface area contributed by atoms with Crippen molar-refractivity contribution in [3.05, 3.63) is 60.7 Å². The molecule has 33 heavy (non-hydrogen) atoms. The highest BCUT2D eigenvalue weighted by Gasteiger charge is 2.24. The lowest BCUT2D eigenvalue weighted by atomic mass is 10.2. The number of ether oxygens (including phenoxy) is 5. The Labute approximate surface area is 190 Å². The van der Waals surface area contributed by atoms with Crippen LogP contribution in [0.5, 0.6) is 23.0 Å². The SMILES string of the molecule is [CH2]COC[C](OOC(=O)c1ccc(OC)cc1OC)OOC(=O)c1ccc(OC)cc1OC. The van der Waals surface area contributed by atoms with Gasteiger partial charge in [0.05, 0.1) is 28.4 Å². The largest absolute Gasteiger partial charge is 0.497 e. The minimum Gasteiger partial charge on any atom is -0.497 e. The zero-order valence-electron chi connectivity index (χ0n) is 18.6. The average Bonchev–Trinajstić information content (AvgIpc) is 2.86. The third-order valence-corrected chi connectivity index (χ3v) is 4.04. The Hall–Kier alpha value is -3.54. The van der Waals surface area contributed by atoms with E-state index in [0.717, 1.165) is 0 Å². The van der Waals surface area contributed by atoms with Crippen LogP contribution in [0.2, 0.25) is 0 Å². The van der Waals surface area contributed by atoms with Crippen molar-refractivity contribution in [2.45, 2.75) is 0 Å². The highest BCUT2D eigenvalue weighted by atomic mass is 17.3. The number of methoxy groups -OCH3 is 4. The van der Waals surface area contributed by atoms with Gasteiger partial charge in [-0.2, -0.15) is 0 Å². The molecule has 0 spiro atoms. The van der Waals surface area contributed by atoms with Crippen molar-refractivity contribution >= 4 is 11.9 Å². The second-order valence-corrected chi connectivity index (χ2v) is 5.97. The maximum atomic E-state index is 12.4. The van der Waals surface area contributed by atoms with Crippen molar-refractivity contribution in [3.63, 3.8) is 0 Å². The molecule has 2 aromatic rings. The molecule has 2 radical (unpaired) electrons. The molecule has 0 heterocycles. The predicted octanol–water partition coefficient (Wildman–Crippen LogP) is 2.94. The monoisotopic (exact) mass is 464 g/mol. The number of carbonyl (C=O) groups excluding carboxylic acids is 2. The van der Waals surface area contributed by atoms with Crippen LogP contribution in [0.15, 0.2) is 36.4 Å². The van der Waals surface area contributed by atoms with Crippen molar-refractivity contribution in [2.24, 2.45) is 0 Å². The molecular weight excluding hydrogens is 440 g/mol. The van der Waals surface area contributed by atoms with Gasteiger partial charge in [0, 0.05) is 18.7 Å². The standard InChI is InChI=1S/C22H24O11/c1-6-29-13-20(30-32-21(23)16-9-7-14(25-2)11-18(16)27-4)31-33-22(24)17-10-8-15(26-3)12-19(17)28-5/h7-12H,1,6,13H2,2-5H3. The first-order chi connectivity index (χ1) is 16.0. The molecule has 11 heteroatoms. The minimum absolute atomic E-state index is 0.0384. The molecule has 0 amide bonds. The van der Waals surface area contributed by atoms with Gasteiger partial charge in [-0.15, -0.1) is 9.78 Å². The maximum absolute atomic E-state index is 12.4. The lowest BCUT2D eigenvalue weighted by Crippen LogP contribution is -2.20. The van der Waals surface area contributed by atoms with Crippen molar-refractivity contribution in [2.75, 3.05) is 41.7 Å². The summed E-state index contributed by atoms with van der Waals surface area (Å²) in [7, 11) is 5.70. The van der Waals surface area contributed by atoms with Gasteiger partial charge in [-0.05, 0) is 31.2 Å². The van der Waals surface area contributed by atoms with E-state index >= 15 is 0 Å². The van der Waals surface area contributed by atoms with E-state index in [1.54, 1.807) is 0 Å². The van der Waals surface area contributed by atoms with E-state index in [4.69, 9.17) is 43.2 Å². The number of rotatable bonds is 13. The smallest absolute Gasteiger partial charge is 0.376 e. The summed E-state index contributed by atoms with van der Waals surface area (Å²) in [5.41, 5.74) is 0.103. The van der Waals surface area contributed by atoms with Crippen molar-refractivity contribution < 1.29 is 52.8 Å². The fraction of sp³-hybridized carbons (Fsp3) is 0.273. The van der Waals surface area contributed by atoms with E-state index in [1.807, 2.05) is 0 Å². The number of hydrogen-bond acceptors (Lipinski definition) is 11. The van der Waals surface area contributed by atoms with Gasteiger partial charge in [-0.1, -0.05) is 0 Å². The van der Waals surface area contributed by atoms with E-state index in [2.05, 4.69) is 6.92 Å². The number of carbonyl (C=O) groups is 2. The topological polar surface area (TPSA) is 117 Å². The van der Waals surface area contributed by atoms with Crippen molar-refractivity contribution in [1.82, 2.24) is 0 Å². The van der Waals surface area contributed by atoms with E-state index < -0.39 is 18.2 Å². The molecule has 0 saturated heterocycles. The fourth-order valence-electron chi connectivity index (χ4n) is 2.41. The van der Waals surface area contributed by atoms with Crippen molar-refractivity contribution in [3.8, 4) is 23.0 Å². The second-order valence-electron chi connectivity index (χ2n) is 5.97. The number of benzene rings is 2.